The van der Waals surface area contributed by atoms with E-state index >= 15 is 0 Å². The molecule has 1 aromatic heterocycles. The van der Waals surface area contributed by atoms with E-state index in [2.05, 4.69) is 9.71 Å². The molecular formula is C14H16FN3O2S. The third-order valence-corrected chi connectivity index (χ3v) is 4.88. The van der Waals surface area contributed by atoms with Crippen LogP contribution in [-0.2, 0) is 16.6 Å². The zero-order valence-electron chi connectivity index (χ0n) is 11.7. The highest BCUT2D eigenvalue weighted by Crippen LogP contribution is 2.27. The first kappa shape index (κ1) is 15.4. The zero-order chi connectivity index (χ0) is 15.6. The summed E-state index contributed by atoms with van der Waals surface area (Å²) in [5.41, 5.74) is 6.75. The molecule has 0 unspecified atom stereocenters. The topological polar surface area (TPSA) is 85.1 Å². The summed E-state index contributed by atoms with van der Waals surface area (Å²) in [5.74, 6) is -0.613. The monoisotopic (exact) mass is 309 g/mol. The third-order valence-electron chi connectivity index (χ3n) is 3.19. The number of pyridine rings is 1. The van der Waals surface area contributed by atoms with Crippen molar-refractivity contribution in [1.29, 1.82) is 0 Å². The molecule has 112 valence electrons. The van der Waals surface area contributed by atoms with Crippen LogP contribution in [0.3, 0.4) is 0 Å². The predicted octanol–water partition coefficient (Wildman–Crippen LogP) is 1.90. The highest BCUT2D eigenvalue weighted by atomic mass is 32.2. The molecule has 21 heavy (non-hydrogen) atoms. The highest BCUT2D eigenvalue weighted by molar-refractivity contribution is 7.89. The first-order valence-corrected chi connectivity index (χ1v) is 7.75. The largest absolute Gasteiger partial charge is 0.396 e. The number of hydrogen-bond donors (Lipinski definition) is 2. The lowest BCUT2D eigenvalue weighted by Crippen LogP contribution is -2.25. The number of aromatic nitrogens is 1. The van der Waals surface area contributed by atoms with Gasteiger partial charge in [0.05, 0.1) is 10.6 Å². The molecule has 0 aliphatic rings. The molecule has 2 rings (SSSR count). The van der Waals surface area contributed by atoms with Crippen molar-refractivity contribution in [1.82, 2.24) is 9.71 Å². The second kappa shape index (κ2) is 5.79. The number of hydrogen-bond acceptors (Lipinski definition) is 4. The second-order valence-electron chi connectivity index (χ2n) is 4.72. The van der Waals surface area contributed by atoms with Crippen molar-refractivity contribution in [2.45, 2.75) is 25.3 Å². The van der Waals surface area contributed by atoms with Gasteiger partial charge in [-0.25, -0.2) is 17.5 Å². The maximum absolute atomic E-state index is 13.5. The van der Waals surface area contributed by atoms with Gasteiger partial charge in [-0.3, -0.25) is 4.98 Å². The Balaban J connectivity index is 2.35. The van der Waals surface area contributed by atoms with Crippen molar-refractivity contribution in [3.63, 3.8) is 0 Å². The van der Waals surface area contributed by atoms with Crippen molar-refractivity contribution in [2.75, 3.05) is 5.73 Å². The Kier molecular flexibility index (Phi) is 4.24. The number of anilines is 1. The average Bonchev–Trinajstić information content (AvgIpc) is 2.44. The van der Waals surface area contributed by atoms with E-state index in [9.17, 15) is 12.8 Å². The van der Waals surface area contributed by atoms with Gasteiger partial charge in [0, 0.05) is 18.9 Å². The number of nitrogens with two attached hydrogens (primary N) is 1. The SMILES string of the molecule is Cc1cc(F)c(N)c(C)c1S(=O)(=O)NCc1ccncc1. The van der Waals surface area contributed by atoms with Crippen LogP contribution in [0.4, 0.5) is 10.1 Å². The molecule has 0 saturated carbocycles. The lowest BCUT2D eigenvalue weighted by molar-refractivity contribution is 0.578. The Morgan fingerprint density at radius 3 is 2.52 bits per heavy atom. The normalized spacial score (nSPS) is 11.6. The standard InChI is InChI=1S/C14H16FN3O2S/c1-9-7-12(15)13(16)10(2)14(9)21(19,20)18-8-11-3-5-17-6-4-11/h3-7,18H,8,16H2,1-2H3. The van der Waals surface area contributed by atoms with E-state index in [1.807, 2.05) is 0 Å². The Morgan fingerprint density at radius 1 is 1.29 bits per heavy atom. The number of aryl methyl sites for hydroxylation is 1. The van der Waals surface area contributed by atoms with E-state index in [0.29, 0.717) is 5.56 Å². The van der Waals surface area contributed by atoms with Crippen LogP contribution in [0, 0.1) is 19.7 Å². The van der Waals surface area contributed by atoms with Gasteiger partial charge in [-0.05, 0) is 48.7 Å². The minimum absolute atomic E-state index is 0.0236. The molecule has 7 heteroatoms. The van der Waals surface area contributed by atoms with E-state index in [1.54, 1.807) is 24.5 Å². The predicted molar refractivity (Wildman–Crippen MR) is 78.5 cm³/mol. The molecule has 0 radical (unpaired) electrons. The number of sulfonamides is 1. The number of halogens is 1. The van der Waals surface area contributed by atoms with Gasteiger partial charge in [0.1, 0.15) is 5.82 Å². The Labute approximate surface area is 123 Å². The van der Waals surface area contributed by atoms with Crippen molar-refractivity contribution in [2.24, 2.45) is 0 Å². The van der Waals surface area contributed by atoms with E-state index in [-0.39, 0.29) is 22.7 Å². The Bertz CT molecular complexity index is 762. The summed E-state index contributed by atoms with van der Waals surface area (Å²) in [4.78, 5) is 3.89. The summed E-state index contributed by atoms with van der Waals surface area (Å²) in [7, 11) is -3.78. The molecule has 2 aromatic rings. The van der Waals surface area contributed by atoms with E-state index in [1.165, 1.54) is 13.8 Å². The molecule has 5 nitrogen and oxygen atoms in total. The second-order valence-corrected chi connectivity index (χ2v) is 6.43. The molecule has 0 saturated heterocycles. The summed E-state index contributed by atoms with van der Waals surface area (Å²) < 4.78 is 40.8. The van der Waals surface area contributed by atoms with Gasteiger partial charge in [-0.1, -0.05) is 0 Å². The molecule has 0 amide bonds. The third kappa shape index (κ3) is 3.20. The molecule has 1 heterocycles. The van der Waals surface area contributed by atoms with Crippen molar-refractivity contribution < 1.29 is 12.8 Å². The van der Waals surface area contributed by atoms with Gasteiger partial charge in [0.2, 0.25) is 10.0 Å². The number of benzene rings is 1. The number of rotatable bonds is 4. The number of nitrogens with one attached hydrogen (secondary N) is 1. The van der Waals surface area contributed by atoms with E-state index in [4.69, 9.17) is 5.73 Å². The highest BCUT2D eigenvalue weighted by Gasteiger charge is 2.22. The zero-order valence-corrected chi connectivity index (χ0v) is 12.5. The summed E-state index contributed by atoms with van der Waals surface area (Å²) in [5, 5.41) is 0. The first-order valence-electron chi connectivity index (χ1n) is 6.26. The fraction of sp³-hybridized carbons (Fsp3) is 0.214. The summed E-state index contributed by atoms with van der Waals surface area (Å²) >= 11 is 0. The molecule has 0 aliphatic heterocycles. The van der Waals surface area contributed by atoms with Crippen LogP contribution in [0.25, 0.3) is 0 Å². The fourth-order valence-corrected chi connectivity index (χ4v) is 3.59. The van der Waals surface area contributed by atoms with Gasteiger partial charge in [0.15, 0.2) is 0 Å². The van der Waals surface area contributed by atoms with Gasteiger partial charge in [-0.2, -0.15) is 0 Å². The van der Waals surface area contributed by atoms with E-state index in [0.717, 1.165) is 11.6 Å². The molecule has 0 spiro atoms. The van der Waals surface area contributed by atoms with Crippen LogP contribution >= 0.6 is 0 Å². The molecule has 3 N–H and O–H groups in total. The van der Waals surface area contributed by atoms with Crippen LogP contribution in [0.5, 0.6) is 0 Å². The van der Waals surface area contributed by atoms with Crippen molar-refractivity contribution in [3.8, 4) is 0 Å². The number of nitrogens with zero attached hydrogens (tertiary/aromatic N) is 1. The minimum atomic E-state index is -3.78. The molecule has 0 fully saturated rings. The fourth-order valence-electron chi connectivity index (χ4n) is 2.10. The van der Waals surface area contributed by atoms with Crippen LogP contribution in [0.1, 0.15) is 16.7 Å². The van der Waals surface area contributed by atoms with Crippen LogP contribution < -0.4 is 10.5 Å². The van der Waals surface area contributed by atoms with E-state index < -0.39 is 15.8 Å². The maximum Gasteiger partial charge on any atom is 0.241 e. The molecule has 0 atom stereocenters. The lowest BCUT2D eigenvalue weighted by atomic mass is 10.1. The Hall–Kier alpha value is -1.99. The van der Waals surface area contributed by atoms with Crippen LogP contribution in [0.15, 0.2) is 35.5 Å². The summed E-state index contributed by atoms with van der Waals surface area (Å²) in [6.07, 6.45) is 3.16. The van der Waals surface area contributed by atoms with Gasteiger partial charge in [-0.15, -0.1) is 0 Å². The molecule has 1 aromatic carbocycles. The van der Waals surface area contributed by atoms with Crippen molar-refractivity contribution in [3.05, 3.63) is 53.1 Å². The lowest BCUT2D eigenvalue weighted by Gasteiger charge is -2.14. The summed E-state index contributed by atoms with van der Waals surface area (Å²) in [6, 6.07) is 4.55. The smallest absolute Gasteiger partial charge is 0.241 e. The maximum atomic E-state index is 13.5. The van der Waals surface area contributed by atoms with Gasteiger partial charge < -0.3 is 5.73 Å². The van der Waals surface area contributed by atoms with Crippen molar-refractivity contribution >= 4 is 15.7 Å². The molecular weight excluding hydrogens is 293 g/mol. The van der Waals surface area contributed by atoms with Gasteiger partial charge in [0.25, 0.3) is 0 Å². The average molecular weight is 309 g/mol. The number of nitrogen functional groups attached to an aromatic ring is 1. The molecule has 0 bridgehead atoms. The first-order chi connectivity index (χ1) is 9.83. The quantitative estimate of drug-likeness (QED) is 0.845. The summed E-state index contributed by atoms with van der Waals surface area (Å²) in [6.45, 7) is 3.16. The minimum Gasteiger partial charge on any atom is -0.396 e. The van der Waals surface area contributed by atoms with Crippen LogP contribution in [0.2, 0.25) is 0 Å². The molecule has 0 aliphatic carbocycles. The Morgan fingerprint density at radius 2 is 1.90 bits per heavy atom. The van der Waals surface area contributed by atoms with Gasteiger partial charge >= 0.3 is 0 Å². The van der Waals surface area contributed by atoms with Crippen LogP contribution in [-0.4, -0.2) is 13.4 Å².